The van der Waals surface area contributed by atoms with Crippen LogP contribution >= 0.6 is 0 Å². The summed E-state index contributed by atoms with van der Waals surface area (Å²) in [4.78, 5) is 7.91. The van der Waals surface area contributed by atoms with Crippen molar-refractivity contribution in [3.63, 3.8) is 0 Å². The highest BCUT2D eigenvalue weighted by Gasteiger charge is 2.57. The molecule has 2 saturated carbocycles. The lowest BCUT2D eigenvalue weighted by atomic mass is 9.47. The number of hydrogen-bond donors (Lipinski definition) is 2. The van der Waals surface area contributed by atoms with Gasteiger partial charge in [-0.15, -0.1) is 0 Å². The molecule has 0 bridgehead atoms. The molecule has 1 unspecified atom stereocenters. The Kier molecular flexibility index (Phi) is 3.38. The molecule has 4 aliphatic rings. The van der Waals surface area contributed by atoms with E-state index in [1.54, 1.807) is 5.57 Å². The van der Waals surface area contributed by atoms with Gasteiger partial charge in [0.15, 0.2) is 0 Å². The Bertz CT molecular complexity index is 733. The zero-order valence-electron chi connectivity index (χ0n) is 15.5. The quantitative estimate of drug-likeness (QED) is 0.728. The Hall–Kier alpha value is -1.35. The smallest absolute Gasteiger partial charge is 0.133 e. The number of imidazole rings is 1. The molecule has 0 spiro atoms. The van der Waals surface area contributed by atoms with Crippen molar-refractivity contribution in [2.24, 2.45) is 28.6 Å². The maximum Gasteiger partial charge on any atom is 0.133 e. The van der Waals surface area contributed by atoms with E-state index in [9.17, 15) is 5.11 Å². The van der Waals surface area contributed by atoms with Gasteiger partial charge in [-0.25, -0.2) is 4.98 Å². The van der Waals surface area contributed by atoms with E-state index in [4.69, 9.17) is 0 Å². The van der Waals surface area contributed by atoms with E-state index in [0.717, 1.165) is 36.4 Å². The second-order valence-electron chi connectivity index (χ2n) is 9.40. The van der Waals surface area contributed by atoms with Crippen LogP contribution in [0.25, 0.3) is 5.57 Å². The van der Waals surface area contributed by atoms with Crippen molar-refractivity contribution < 1.29 is 5.11 Å². The summed E-state index contributed by atoms with van der Waals surface area (Å²) in [5.41, 5.74) is 3.62. The van der Waals surface area contributed by atoms with Crippen LogP contribution in [-0.4, -0.2) is 21.2 Å². The van der Waals surface area contributed by atoms with E-state index in [0.29, 0.717) is 5.41 Å². The van der Waals surface area contributed by atoms with Crippen LogP contribution in [0.4, 0.5) is 0 Å². The third-order valence-corrected chi connectivity index (χ3v) is 8.41. The van der Waals surface area contributed by atoms with E-state index in [-0.39, 0.29) is 11.5 Å². The molecule has 1 heterocycles. The van der Waals surface area contributed by atoms with Gasteiger partial charge in [0.05, 0.1) is 6.10 Å². The van der Waals surface area contributed by atoms with Gasteiger partial charge in [0.2, 0.25) is 0 Å². The summed E-state index contributed by atoms with van der Waals surface area (Å²) in [6, 6.07) is 0. The molecule has 0 saturated heterocycles. The summed E-state index contributed by atoms with van der Waals surface area (Å²) in [6.45, 7) is 4.99. The summed E-state index contributed by atoms with van der Waals surface area (Å²) in [5, 5.41) is 10.1. The number of nitrogens with zero attached hydrogens (tertiary/aromatic N) is 1. The molecule has 6 atom stereocenters. The lowest BCUT2D eigenvalue weighted by molar-refractivity contribution is -0.0239. The van der Waals surface area contributed by atoms with Gasteiger partial charge in [0, 0.05) is 12.4 Å². The molecular weight excluding hydrogens is 308 g/mol. The highest BCUT2D eigenvalue weighted by molar-refractivity contribution is 5.68. The number of H-pyrrole nitrogens is 1. The highest BCUT2D eigenvalue weighted by atomic mass is 16.3. The largest absolute Gasteiger partial charge is 0.393 e. The predicted octanol–water partition coefficient (Wildman–Crippen LogP) is 4.73. The number of aliphatic hydroxyl groups is 1. The summed E-state index contributed by atoms with van der Waals surface area (Å²) in [6.07, 6.45) is 16.8. The van der Waals surface area contributed by atoms with Gasteiger partial charge >= 0.3 is 0 Å². The van der Waals surface area contributed by atoms with Gasteiger partial charge in [0.1, 0.15) is 5.82 Å². The van der Waals surface area contributed by atoms with E-state index in [1.807, 2.05) is 12.4 Å². The van der Waals surface area contributed by atoms with Crippen molar-refractivity contribution >= 4 is 5.57 Å². The van der Waals surface area contributed by atoms with Gasteiger partial charge in [-0.1, -0.05) is 31.6 Å². The van der Waals surface area contributed by atoms with Gasteiger partial charge in [-0.2, -0.15) is 0 Å². The Balaban J connectivity index is 1.48. The number of allylic oxidation sites excluding steroid dienone is 3. The molecule has 2 N–H and O–H groups in total. The van der Waals surface area contributed by atoms with E-state index >= 15 is 0 Å². The van der Waals surface area contributed by atoms with Crippen molar-refractivity contribution in [2.75, 3.05) is 0 Å². The van der Waals surface area contributed by atoms with Crippen LogP contribution in [0.15, 0.2) is 30.1 Å². The van der Waals surface area contributed by atoms with Gasteiger partial charge in [-0.05, 0) is 79.1 Å². The predicted molar refractivity (Wildman–Crippen MR) is 99.7 cm³/mol. The Morgan fingerprint density at radius 3 is 2.72 bits per heavy atom. The van der Waals surface area contributed by atoms with Crippen molar-refractivity contribution in [3.05, 3.63) is 35.9 Å². The number of fused-ring (bicyclic) bond motifs is 5. The Morgan fingerprint density at radius 1 is 1.08 bits per heavy atom. The van der Waals surface area contributed by atoms with E-state index in [2.05, 4.69) is 36.0 Å². The van der Waals surface area contributed by atoms with Crippen LogP contribution in [0.2, 0.25) is 0 Å². The summed E-state index contributed by atoms with van der Waals surface area (Å²) in [7, 11) is 0. The molecular formula is C22H30N2O. The number of hydrogen-bond acceptors (Lipinski definition) is 2. The topological polar surface area (TPSA) is 48.9 Å². The van der Waals surface area contributed by atoms with E-state index < -0.39 is 0 Å². The fourth-order valence-corrected chi connectivity index (χ4v) is 6.99. The first kappa shape index (κ1) is 15.9. The third-order valence-electron chi connectivity index (χ3n) is 8.41. The first-order valence-electron chi connectivity index (χ1n) is 10.1. The van der Waals surface area contributed by atoms with Crippen molar-refractivity contribution in [1.29, 1.82) is 0 Å². The number of aliphatic hydroxyl groups excluding tert-OH is 1. The molecule has 1 aromatic heterocycles. The second kappa shape index (κ2) is 5.33. The minimum absolute atomic E-state index is 0.108. The normalized spacial score (nSPS) is 45.9. The van der Waals surface area contributed by atoms with Crippen LogP contribution in [0, 0.1) is 28.6 Å². The van der Waals surface area contributed by atoms with Crippen molar-refractivity contribution in [1.82, 2.24) is 9.97 Å². The first-order chi connectivity index (χ1) is 12.0. The SMILES string of the molecule is C[C@]12CCC(O)CC1=CC[C@@H]1[C@@H]2CC[C@]2(C)C(c3ncc[nH]3)=CC[C@@H]12. The number of aromatic amines is 1. The number of aromatic nitrogens is 2. The average molecular weight is 338 g/mol. The third kappa shape index (κ3) is 2.11. The zero-order valence-corrected chi connectivity index (χ0v) is 15.5. The van der Waals surface area contributed by atoms with Gasteiger partial charge in [-0.3, -0.25) is 0 Å². The van der Waals surface area contributed by atoms with Crippen molar-refractivity contribution in [3.8, 4) is 0 Å². The molecule has 1 aromatic rings. The molecule has 134 valence electrons. The monoisotopic (exact) mass is 338 g/mol. The molecule has 3 nitrogen and oxygen atoms in total. The number of nitrogens with one attached hydrogen (secondary N) is 1. The molecule has 4 aliphatic carbocycles. The fraction of sp³-hybridized carbons (Fsp3) is 0.682. The Morgan fingerprint density at radius 2 is 1.92 bits per heavy atom. The van der Waals surface area contributed by atoms with Crippen LogP contribution in [0.5, 0.6) is 0 Å². The van der Waals surface area contributed by atoms with Crippen LogP contribution in [0.3, 0.4) is 0 Å². The molecule has 0 radical (unpaired) electrons. The molecule has 0 aromatic carbocycles. The van der Waals surface area contributed by atoms with E-state index in [1.165, 1.54) is 37.7 Å². The van der Waals surface area contributed by atoms with Crippen LogP contribution in [-0.2, 0) is 0 Å². The highest BCUT2D eigenvalue weighted by Crippen LogP contribution is 2.66. The standard InChI is InChI=1S/C22H30N2O/c1-21-9-7-15(25)13-14(21)3-4-16-17-5-6-19(20-23-11-12-24-20)22(17,2)10-8-18(16)21/h3,6,11-12,15-18,25H,4-5,7-10,13H2,1-2H3,(H,23,24)/t15?,16-,17-,18-,21-,22-/m0/s1. The van der Waals surface area contributed by atoms with Crippen molar-refractivity contribution in [2.45, 2.75) is 64.9 Å². The van der Waals surface area contributed by atoms with Crippen LogP contribution in [0.1, 0.15) is 64.6 Å². The molecule has 0 amide bonds. The second-order valence-corrected chi connectivity index (χ2v) is 9.40. The molecule has 2 fully saturated rings. The maximum absolute atomic E-state index is 10.1. The molecule has 5 rings (SSSR count). The zero-order chi connectivity index (χ0) is 17.2. The lowest BCUT2D eigenvalue weighted by Crippen LogP contribution is -2.49. The molecule has 3 heteroatoms. The maximum atomic E-state index is 10.1. The van der Waals surface area contributed by atoms with Gasteiger partial charge in [0.25, 0.3) is 0 Å². The summed E-state index contributed by atoms with van der Waals surface area (Å²) in [5.74, 6) is 3.41. The Labute approximate surface area is 150 Å². The minimum Gasteiger partial charge on any atom is -0.393 e. The summed E-state index contributed by atoms with van der Waals surface area (Å²) >= 11 is 0. The van der Waals surface area contributed by atoms with Gasteiger partial charge < -0.3 is 10.1 Å². The minimum atomic E-state index is -0.108. The molecule has 0 aliphatic heterocycles. The van der Waals surface area contributed by atoms with Crippen LogP contribution < -0.4 is 0 Å². The lowest BCUT2D eigenvalue weighted by Gasteiger charge is -2.57. The average Bonchev–Trinajstić information content (AvgIpc) is 3.22. The molecule has 25 heavy (non-hydrogen) atoms. The number of rotatable bonds is 1. The first-order valence-corrected chi connectivity index (χ1v) is 10.1. The summed E-state index contributed by atoms with van der Waals surface area (Å²) < 4.78 is 0. The fourth-order valence-electron chi connectivity index (χ4n) is 6.99.